The second kappa shape index (κ2) is 5.86. The molecule has 6 heteroatoms. The highest BCUT2D eigenvalue weighted by atomic mass is 32.2. The number of nitrogens with one attached hydrogen (secondary N) is 1. The number of H-pyrrole nitrogens is 1. The van der Waals surface area contributed by atoms with Gasteiger partial charge in [0.25, 0.3) is 5.56 Å². The van der Waals surface area contributed by atoms with Gasteiger partial charge in [-0.1, -0.05) is 32.5 Å². The number of aromatic nitrogens is 2. The molecule has 1 heterocycles. The Bertz CT molecular complexity index is 456. The molecule has 5 nitrogen and oxygen atoms in total. The van der Waals surface area contributed by atoms with E-state index in [1.165, 1.54) is 6.07 Å². The molecule has 0 bridgehead atoms. The molecule has 94 valence electrons. The Labute approximate surface area is 104 Å². The average molecular weight is 256 g/mol. The maximum atomic E-state index is 11.4. The summed E-state index contributed by atoms with van der Waals surface area (Å²) in [6.07, 6.45) is 0.482. The van der Waals surface area contributed by atoms with Crippen molar-refractivity contribution in [1.29, 1.82) is 0 Å². The van der Waals surface area contributed by atoms with Gasteiger partial charge in [-0.15, -0.1) is 0 Å². The number of aromatic amines is 1. The van der Waals surface area contributed by atoms with Crippen molar-refractivity contribution in [3.63, 3.8) is 0 Å². The number of carbonyl (C=O) groups is 1. The van der Waals surface area contributed by atoms with Crippen LogP contribution in [0.2, 0.25) is 0 Å². The summed E-state index contributed by atoms with van der Waals surface area (Å²) in [4.78, 5) is 29.1. The minimum Gasteiger partial charge on any atom is -0.480 e. The van der Waals surface area contributed by atoms with Gasteiger partial charge in [0.1, 0.15) is 5.25 Å². The van der Waals surface area contributed by atoms with Gasteiger partial charge in [0, 0.05) is 6.07 Å². The van der Waals surface area contributed by atoms with Crippen LogP contribution in [0.1, 0.15) is 38.8 Å². The molecule has 0 aliphatic carbocycles. The first-order valence-electron chi connectivity index (χ1n) is 5.44. The molecule has 0 fully saturated rings. The summed E-state index contributed by atoms with van der Waals surface area (Å²) in [5.74, 6) is -0.753. The number of carboxylic acids is 1. The molecule has 2 N–H and O–H groups in total. The Kier molecular flexibility index (Phi) is 4.74. The normalized spacial score (nSPS) is 12.7. The first-order chi connectivity index (χ1) is 7.93. The highest BCUT2D eigenvalue weighted by Crippen LogP contribution is 2.22. The van der Waals surface area contributed by atoms with Gasteiger partial charge in [0.05, 0.1) is 5.69 Å². The number of carboxylic acid groups (broad SMARTS) is 1. The molecule has 1 aromatic heterocycles. The molecule has 0 radical (unpaired) electrons. The quantitative estimate of drug-likeness (QED) is 0.620. The third-order valence-corrected chi connectivity index (χ3v) is 3.47. The van der Waals surface area contributed by atoms with Gasteiger partial charge >= 0.3 is 5.97 Å². The molecule has 1 aromatic rings. The lowest BCUT2D eigenvalue weighted by molar-refractivity contribution is -0.136. The molecule has 17 heavy (non-hydrogen) atoms. The molecular weight excluding hydrogens is 240 g/mol. The Hall–Kier alpha value is -1.30. The fourth-order valence-corrected chi connectivity index (χ4v) is 2.10. The number of nitrogens with zero attached hydrogens (tertiary/aromatic N) is 1. The average Bonchev–Trinajstić information content (AvgIpc) is 2.24. The van der Waals surface area contributed by atoms with E-state index in [2.05, 4.69) is 9.97 Å². The second-order valence-electron chi connectivity index (χ2n) is 3.98. The number of hydrogen-bond acceptors (Lipinski definition) is 4. The fraction of sp³-hybridized carbons (Fsp3) is 0.545. The molecule has 0 saturated heterocycles. The zero-order chi connectivity index (χ0) is 13.0. The van der Waals surface area contributed by atoms with E-state index < -0.39 is 11.2 Å². The van der Waals surface area contributed by atoms with Gasteiger partial charge in [-0.05, 0) is 12.3 Å². The number of aliphatic carboxylic acids is 1. The van der Waals surface area contributed by atoms with Gasteiger partial charge < -0.3 is 10.1 Å². The smallest absolute Gasteiger partial charge is 0.317 e. The lowest BCUT2D eigenvalue weighted by Gasteiger charge is -2.10. The maximum Gasteiger partial charge on any atom is 0.317 e. The molecule has 0 unspecified atom stereocenters. The van der Waals surface area contributed by atoms with Crippen molar-refractivity contribution in [2.75, 3.05) is 0 Å². The van der Waals surface area contributed by atoms with Crippen molar-refractivity contribution >= 4 is 17.7 Å². The van der Waals surface area contributed by atoms with Crippen molar-refractivity contribution in [1.82, 2.24) is 9.97 Å². The first-order valence-corrected chi connectivity index (χ1v) is 6.32. The predicted octanol–water partition coefficient (Wildman–Crippen LogP) is 1.85. The topological polar surface area (TPSA) is 83.0 Å². The highest BCUT2D eigenvalue weighted by Gasteiger charge is 2.18. The SMILES string of the molecule is CC[C@@H](Sc1nc(C(C)C)cc(=O)[nH]1)C(=O)O. The molecule has 0 spiro atoms. The number of rotatable bonds is 5. The lowest BCUT2D eigenvalue weighted by atomic mass is 10.1. The van der Waals surface area contributed by atoms with Crippen molar-refractivity contribution < 1.29 is 9.90 Å². The van der Waals surface area contributed by atoms with E-state index in [1.807, 2.05) is 13.8 Å². The van der Waals surface area contributed by atoms with Crippen LogP contribution in [0.3, 0.4) is 0 Å². The van der Waals surface area contributed by atoms with E-state index in [1.54, 1.807) is 6.92 Å². The van der Waals surface area contributed by atoms with Crippen molar-refractivity contribution in [2.45, 2.75) is 43.5 Å². The summed E-state index contributed by atoms with van der Waals surface area (Å²) in [5, 5.41) is 8.73. The summed E-state index contributed by atoms with van der Waals surface area (Å²) in [7, 11) is 0. The first kappa shape index (κ1) is 13.8. The van der Waals surface area contributed by atoms with E-state index >= 15 is 0 Å². The van der Waals surface area contributed by atoms with E-state index in [9.17, 15) is 9.59 Å². The molecule has 0 aliphatic rings. The summed E-state index contributed by atoms with van der Waals surface area (Å²) in [5.41, 5.74) is 0.433. The van der Waals surface area contributed by atoms with Gasteiger partial charge in [-0.2, -0.15) is 0 Å². The highest BCUT2D eigenvalue weighted by molar-refractivity contribution is 8.00. The molecule has 1 atom stereocenters. The summed E-state index contributed by atoms with van der Waals surface area (Å²) >= 11 is 1.08. The third kappa shape index (κ3) is 3.89. The van der Waals surface area contributed by atoms with Crippen molar-refractivity contribution in [2.24, 2.45) is 0 Å². The van der Waals surface area contributed by atoms with E-state index in [4.69, 9.17) is 5.11 Å². The monoisotopic (exact) mass is 256 g/mol. The van der Waals surface area contributed by atoms with Crippen LogP contribution in [-0.2, 0) is 4.79 Å². The largest absolute Gasteiger partial charge is 0.480 e. The summed E-state index contributed by atoms with van der Waals surface area (Å²) < 4.78 is 0. The molecular formula is C11H16N2O3S. The van der Waals surface area contributed by atoms with E-state index in [0.717, 1.165) is 11.8 Å². The molecule has 1 rings (SSSR count). The Morgan fingerprint density at radius 1 is 1.59 bits per heavy atom. The Morgan fingerprint density at radius 2 is 2.24 bits per heavy atom. The number of hydrogen-bond donors (Lipinski definition) is 2. The van der Waals surface area contributed by atoms with Crippen LogP contribution >= 0.6 is 11.8 Å². The third-order valence-electron chi connectivity index (χ3n) is 2.23. The van der Waals surface area contributed by atoms with Crippen LogP contribution in [0, 0.1) is 0 Å². The minimum atomic E-state index is -0.893. The summed E-state index contributed by atoms with van der Waals surface area (Å²) in [6.45, 7) is 5.66. The van der Waals surface area contributed by atoms with Crippen LogP contribution < -0.4 is 5.56 Å². The van der Waals surface area contributed by atoms with E-state index in [0.29, 0.717) is 17.3 Å². The van der Waals surface area contributed by atoms with Crippen LogP contribution in [0.15, 0.2) is 16.0 Å². The van der Waals surface area contributed by atoms with Gasteiger partial charge in [-0.3, -0.25) is 9.59 Å². The molecule has 0 aromatic carbocycles. The van der Waals surface area contributed by atoms with Crippen LogP contribution in [-0.4, -0.2) is 26.3 Å². The minimum absolute atomic E-state index is 0.140. The lowest BCUT2D eigenvalue weighted by Crippen LogP contribution is -2.18. The standard InChI is InChI=1S/C11H16N2O3S/c1-4-8(10(15)16)17-11-12-7(6(2)3)5-9(14)13-11/h5-6,8H,4H2,1-3H3,(H,15,16)(H,12,13,14)/t8-/m1/s1. The fourth-order valence-electron chi connectivity index (χ4n) is 1.25. The molecule has 0 amide bonds. The van der Waals surface area contributed by atoms with Gasteiger partial charge in [0.2, 0.25) is 0 Å². The second-order valence-corrected chi connectivity index (χ2v) is 5.17. The Balaban J connectivity index is 2.98. The van der Waals surface area contributed by atoms with Crippen LogP contribution in [0.5, 0.6) is 0 Å². The zero-order valence-electron chi connectivity index (χ0n) is 10.1. The zero-order valence-corrected chi connectivity index (χ0v) is 10.9. The predicted molar refractivity (Wildman–Crippen MR) is 66.5 cm³/mol. The van der Waals surface area contributed by atoms with Crippen molar-refractivity contribution in [3.8, 4) is 0 Å². The molecule has 0 saturated carbocycles. The molecule has 0 aliphatic heterocycles. The Morgan fingerprint density at radius 3 is 2.71 bits per heavy atom. The summed E-state index contributed by atoms with van der Waals surface area (Å²) in [6, 6.07) is 1.44. The van der Waals surface area contributed by atoms with Gasteiger partial charge in [0.15, 0.2) is 5.16 Å². The van der Waals surface area contributed by atoms with E-state index in [-0.39, 0.29) is 11.5 Å². The van der Waals surface area contributed by atoms with Crippen LogP contribution in [0.4, 0.5) is 0 Å². The maximum absolute atomic E-state index is 11.4. The van der Waals surface area contributed by atoms with Crippen LogP contribution in [0.25, 0.3) is 0 Å². The van der Waals surface area contributed by atoms with Crippen molar-refractivity contribution in [3.05, 3.63) is 22.1 Å². The number of thioether (sulfide) groups is 1. The van der Waals surface area contributed by atoms with Gasteiger partial charge in [-0.25, -0.2) is 4.98 Å².